The van der Waals surface area contributed by atoms with Crippen LogP contribution in [0, 0.1) is 0 Å². The molecule has 0 bridgehead atoms. The molecule has 2 heterocycles. The van der Waals surface area contributed by atoms with E-state index in [1.807, 2.05) is 4.90 Å². The molecule has 21 heavy (non-hydrogen) atoms. The summed E-state index contributed by atoms with van der Waals surface area (Å²) in [5.74, 6) is 0.160. The molecular formula is C15H23N3O2S. The molecule has 116 valence electrons. The van der Waals surface area contributed by atoms with Gasteiger partial charge in [-0.25, -0.2) is 4.98 Å². The van der Waals surface area contributed by atoms with Gasteiger partial charge in [-0.05, 0) is 0 Å². The molecule has 0 aromatic carbocycles. The number of carbonyl (C=O) groups is 2. The van der Waals surface area contributed by atoms with Crippen molar-refractivity contribution in [3.8, 4) is 0 Å². The first-order chi connectivity index (χ1) is 9.90. The Kier molecular flexibility index (Phi) is 4.98. The van der Waals surface area contributed by atoms with E-state index in [1.54, 1.807) is 16.2 Å². The number of aromatic nitrogens is 1. The number of thiazole rings is 1. The lowest BCUT2D eigenvalue weighted by Crippen LogP contribution is -2.48. The van der Waals surface area contributed by atoms with Crippen LogP contribution in [-0.2, 0) is 21.4 Å². The molecule has 2 amide bonds. The van der Waals surface area contributed by atoms with E-state index in [-0.39, 0.29) is 11.3 Å². The predicted molar refractivity (Wildman–Crippen MR) is 83.4 cm³/mol. The lowest BCUT2D eigenvalue weighted by Gasteiger charge is -2.32. The molecular weight excluding hydrogens is 286 g/mol. The minimum absolute atomic E-state index is 0.0594. The molecule has 0 atom stereocenters. The lowest BCUT2D eigenvalue weighted by molar-refractivity contribution is -0.135. The Morgan fingerprint density at radius 3 is 2.52 bits per heavy atom. The number of amides is 2. The van der Waals surface area contributed by atoms with Crippen molar-refractivity contribution in [2.24, 2.45) is 0 Å². The van der Waals surface area contributed by atoms with Crippen LogP contribution >= 0.6 is 11.3 Å². The average molecular weight is 309 g/mol. The Balaban J connectivity index is 1.82. The highest BCUT2D eigenvalue weighted by Gasteiger charge is 2.21. The predicted octanol–water partition coefficient (Wildman–Crippen LogP) is 1.67. The number of hydrogen-bond donors (Lipinski definition) is 0. The average Bonchev–Trinajstić information content (AvgIpc) is 2.94. The lowest BCUT2D eigenvalue weighted by atomic mass is 9.93. The molecule has 0 aliphatic carbocycles. The van der Waals surface area contributed by atoms with Gasteiger partial charge < -0.3 is 9.80 Å². The van der Waals surface area contributed by atoms with Crippen LogP contribution in [-0.4, -0.2) is 53.3 Å². The minimum atomic E-state index is 0.0594. The van der Waals surface area contributed by atoms with Crippen molar-refractivity contribution >= 4 is 23.7 Å². The largest absolute Gasteiger partial charge is 0.342 e. The van der Waals surface area contributed by atoms with Crippen LogP contribution in [0.3, 0.4) is 0 Å². The summed E-state index contributed by atoms with van der Waals surface area (Å²) in [5.41, 5.74) is 1.15. The topological polar surface area (TPSA) is 53.5 Å². The Hall–Kier alpha value is -1.43. The summed E-state index contributed by atoms with van der Waals surface area (Å²) in [6, 6.07) is 0. The zero-order valence-corrected chi connectivity index (χ0v) is 13.8. The molecule has 0 spiro atoms. The molecule has 0 N–H and O–H groups in total. The van der Waals surface area contributed by atoms with E-state index < -0.39 is 0 Å². The molecule has 1 aliphatic heterocycles. The molecule has 2 rings (SSSR count). The molecule has 0 radical (unpaired) electrons. The molecule has 1 aromatic heterocycles. The molecule has 1 saturated heterocycles. The van der Waals surface area contributed by atoms with Gasteiger partial charge in [0.1, 0.15) is 0 Å². The highest BCUT2D eigenvalue weighted by molar-refractivity contribution is 7.09. The van der Waals surface area contributed by atoms with E-state index in [1.165, 1.54) is 0 Å². The van der Waals surface area contributed by atoms with Gasteiger partial charge >= 0.3 is 0 Å². The standard InChI is InChI=1S/C15H23N3O2S/c1-15(2,3)12-10-21-13(16-12)4-5-14(20)18-8-6-17(11-19)7-9-18/h10-11H,4-9H2,1-3H3. The molecule has 5 nitrogen and oxygen atoms in total. The van der Waals surface area contributed by atoms with Gasteiger partial charge in [0.2, 0.25) is 12.3 Å². The van der Waals surface area contributed by atoms with Crippen LogP contribution < -0.4 is 0 Å². The zero-order chi connectivity index (χ0) is 15.5. The molecule has 0 unspecified atom stereocenters. The van der Waals surface area contributed by atoms with Crippen LogP contribution in [0.25, 0.3) is 0 Å². The summed E-state index contributed by atoms with van der Waals surface area (Å²) in [5, 5.41) is 3.11. The highest BCUT2D eigenvalue weighted by Crippen LogP contribution is 2.24. The van der Waals surface area contributed by atoms with E-state index >= 15 is 0 Å². The number of hydrogen-bond acceptors (Lipinski definition) is 4. The maximum absolute atomic E-state index is 12.2. The Morgan fingerprint density at radius 1 is 1.33 bits per heavy atom. The summed E-state index contributed by atoms with van der Waals surface area (Å²) < 4.78 is 0. The van der Waals surface area contributed by atoms with Crippen LogP contribution in [0.2, 0.25) is 0 Å². The quantitative estimate of drug-likeness (QED) is 0.795. The SMILES string of the molecule is CC(C)(C)c1csc(CCC(=O)N2CCN(C=O)CC2)n1. The van der Waals surface area contributed by atoms with E-state index in [9.17, 15) is 9.59 Å². The van der Waals surface area contributed by atoms with Crippen LogP contribution in [0.4, 0.5) is 0 Å². The number of aryl methyl sites for hydroxylation is 1. The fourth-order valence-electron chi connectivity index (χ4n) is 2.22. The van der Waals surface area contributed by atoms with E-state index in [4.69, 9.17) is 0 Å². The summed E-state index contributed by atoms with van der Waals surface area (Å²) in [6.07, 6.45) is 2.05. The van der Waals surface area contributed by atoms with Crippen LogP contribution in [0.1, 0.15) is 37.9 Å². The first-order valence-electron chi connectivity index (χ1n) is 7.32. The number of rotatable bonds is 4. The summed E-state index contributed by atoms with van der Waals surface area (Å²) in [4.78, 5) is 31.0. The van der Waals surface area contributed by atoms with Crippen molar-refractivity contribution in [3.05, 3.63) is 16.1 Å². The third kappa shape index (κ3) is 4.27. The van der Waals surface area contributed by atoms with E-state index in [0.717, 1.165) is 17.1 Å². The van der Waals surface area contributed by atoms with Gasteiger partial charge in [-0.15, -0.1) is 11.3 Å². The molecule has 6 heteroatoms. The summed E-state index contributed by atoms with van der Waals surface area (Å²) in [7, 11) is 0. The minimum Gasteiger partial charge on any atom is -0.342 e. The molecule has 1 aromatic rings. The maximum atomic E-state index is 12.2. The van der Waals surface area contributed by atoms with Gasteiger partial charge in [0.05, 0.1) is 10.7 Å². The van der Waals surface area contributed by atoms with Crippen molar-refractivity contribution in [1.82, 2.24) is 14.8 Å². The van der Waals surface area contributed by atoms with Gasteiger partial charge in [-0.2, -0.15) is 0 Å². The second-order valence-corrected chi connectivity index (χ2v) is 7.34. The van der Waals surface area contributed by atoms with E-state index in [2.05, 4.69) is 31.1 Å². The van der Waals surface area contributed by atoms with Crippen LogP contribution in [0.5, 0.6) is 0 Å². The Bertz CT molecular complexity index is 499. The molecule has 0 saturated carbocycles. The second-order valence-electron chi connectivity index (χ2n) is 6.40. The zero-order valence-electron chi connectivity index (χ0n) is 13.0. The summed E-state index contributed by atoms with van der Waals surface area (Å²) >= 11 is 1.63. The molecule has 1 aliphatic rings. The fraction of sp³-hybridized carbons (Fsp3) is 0.667. The third-order valence-corrected chi connectivity index (χ3v) is 4.60. The van der Waals surface area contributed by atoms with Gasteiger partial charge in [-0.1, -0.05) is 20.8 Å². The van der Waals surface area contributed by atoms with Crippen molar-refractivity contribution in [3.63, 3.8) is 0 Å². The highest BCUT2D eigenvalue weighted by atomic mass is 32.1. The summed E-state index contributed by atoms with van der Waals surface area (Å²) in [6.45, 7) is 8.99. The first-order valence-corrected chi connectivity index (χ1v) is 8.20. The smallest absolute Gasteiger partial charge is 0.223 e. The second kappa shape index (κ2) is 6.56. The molecule has 1 fully saturated rings. The van der Waals surface area contributed by atoms with E-state index in [0.29, 0.717) is 39.0 Å². The first kappa shape index (κ1) is 15.9. The normalized spacial score (nSPS) is 16.1. The Labute approximate surface area is 130 Å². The van der Waals surface area contributed by atoms with Crippen molar-refractivity contribution in [2.75, 3.05) is 26.2 Å². The fourth-order valence-corrected chi connectivity index (χ4v) is 3.24. The van der Waals surface area contributed by atoms with Crippen molar-refractivity contribution in [2.45, 2.75) is 39.0 Å². The number of carbonyl (C=O) groups excluding carboxylic acids is 2. The van der Waals surface area contributed by atoms with Crippen LogP contribution in [0.15, 0.2) is 5.38 Å². The van der Waals surface area contributed by atoms with Gasteiger partial charge in [0.25, 0.3) is 0 Å². The monoisotopic (exact) mass is 309 g/mol. The number of nitrogens with zero attached hydrogens (tertiary/aromatic N) is 3. The number of piperazine rings is 1. The van der Waals surface area contributed by atoms with Crippen molar-refractivity contribution < 1.29 is 9.59 Å². The van der Waals surface area contributed by atoms with Gasteiger partial charge in [0, 0.05) is 49.8 Å². The maximum Gasteiger partial charge on any atom is 0.223 e. The Morgan fingerprint density at radius 2 is 2.00 bits per heavy atom. The van der Waals surface area contributed by atoms with Gasteiger partial charge in [-0.3, -0.25) is 9.59 Å². The van der Waals surface area contributed by atoms with Crippen molar-refractivity contribution in [1.29, 1.82) is 0 Å². The third-order valence-electron chi connectivity index (χ3n) is 3.69. The van der Waals surface area contributed by atoms with Gasteiger partial charge in [0.15, 0.2) is 0 Å².